The van der Waals surface area contributed by atoms with Crippen LogP contribution < -0.4 is 5.32 Å². The Kier molecular flexibility index (Phi) is 8.82. The van der Waals surface area contributed by atoms with Crippen molar-refractivity contribution in [2.45, 2.75) is 33.6 Å². The molecule has 6 nitrogen and oxygen atoms in total. The topological polar surface area (TPSA) is 63.2 Å². The predicted molar refractivity (Wildman–Crippen MR) is 83.4 cm³/mol. The largest absolute Gasteiger partial charge is 0.466 e. The molecule has 0 radical (unpaired) electrons. The molecule has 1 atom stereocenters. The number of aliphatic imine (C=N–C) groups is 1. The van der Waals surface area contributed by atoms with Crippen molar-refractivity contribution in [2.75, 3.05) is 46.0 Å². The number of hydrogen-bond donors (Lipinski definition) is 1. The predicted octanol–water partition coefficient (Wildman–Crippen LogP) is 1.26. The number of nitrogens with zero attached hydrogens (tertiary/aromatic N) is 2. The summed E-state index contributed by atoms with van der Waals surface area (Å²) >= 11 is 0. The zero-order chi connectivity index (χ0) is 15.5. The summed E-state index contributed by atoms with van der Waals surface area (Å²) in [5.41, 5.74) is 0. The molecule has 0 spiro atoms. The van der Waals surface area contributed by atoms with E-state index in [1.54, 1.807) is 0 Å². The maximum atomic E-state index is 11.9. The first-order valence-electron chi connectivity index (χ1n) is 8.00. The van der Waals surface area contributed by atoms with Gasteiger partial charge in [-0.05, 0) is 33.6 Å². The highest BCUT2D eigenvalue weighted by molar-refractivity contribution is 5.81. The van der Waals surface area contributed by atoms with E-state index in [4.69, 9.17) is 9.47 Å². The zero-order valence-corrected chi connectivity index (χ0v) is 13.6. The maximum Gasteiger partial charge on any atom is 0.310 e. The van der Waals surface area contributed by atoms with Crippen LogP contribution in [0.2, 0.25) is 0 Å². The van der Waals surface area contributed by atoms with E-state index in [0.29, 0.717) is 32.9 Å². The molecule has 21 heavy (non-hydrogen) atoms. The average molecular weight is 299 g/mol. The Morgan fingerprint density at radius 2 is 2.14 bits per heavy atom. The third-order valence-electron chi connectivity index (χ3n) is 3.38. The van der Waals surface area contributed by atoms with E-state index >= 15 is 0 Å². The highest BCUT2D eigenvalue weighted by Gasteiger charge is 2.28. The van der Waals surface area contributed by atoms with Crippen LogP contribution in [0.15, 0.2) is 4.99 Å². The lowest BCUT2D eigenvalue weighted by atomic mass is 9.98. The zero-order valence-electron chi connectivity index (χ0n) is 13.6. The van der Waals surface area contributed by atoms with Gasteiger partial charge in [0.15, 0.2) is 5.96 Å². The van der Waals surface area contributed by atoms with Crippen LogP contribution in [0.3, 0.4) is 0 Å². The molecule has 1 N–H and O–H groups in total. The summed E-state index contributed by atoms with van der Waals surface area (Å²) in [6.07, 6.45) is 1.88. The van der Waals surface area contributed by atoms with E-state index in [1.807, 2.05) is 20.8 Å². The second-order valence-corrected chi connectivity index (χ2v) is 4.97. The fraction of sp³-hybridized carbons (Fsp3) is 0.867. The van der Waals surface area contributed by atoms with Gasteiger partial charge in [0.1, 0.15) is 0 Å². The van der Waals surface area contributed by atoms with Gasteiger partial charge in [-0.3, -0.25) is 9.79 Å². The van der Waals surface area contributed by atoms with Crippen molar-refractivity contribution < 1.29 is 14.3 Å². The summed E-state index contributed by atoms with van der Waals surface area (Å²) in [6.45, 7) is 10.7. The number of esters is 1. The van der Waals surface area contributed by atoms with Crippen molar-refractivity contribution >= 4 is 11.9 Å². The number of carbonyl (C=O) groups excluding carboxylic acids is 1. The van der Waals surface area contributed by atoms with Crippen molar-refractivity contribution in [3.63, 3.8) is 0 Å². The molecule has 1 heterocycles. The lowest BCUT2D eigenvalue weighted by Crippen LogP contribution is -2.48. The summed E-state index contributed by atoms with van der Waals surface area (Å²) in [4.78, 5) is 18.6. The molecule has 1 aliphatic heterocycles. The van der Waals surface area contributed by atoms with Crippen LogP contribution in [0, 0.1) is 5.92 Å². The minimum absolute atomic E-state index is 0.0468. The Labute approximate surface area is 127 Å². The molecule has 6 heteroatoms. The molecule has 0 aromatic carbocycles. The van der Waals surface area contributed by atoms with Gasteiger partial charge in [-0.1, -0.05) is 0 Å². The molecular formula is C15H29N3O3. The third-order valence-corrected chi connectivity index (χ3v) is 3.38. The second kappa shape index (κ2) is 10.4. The van der Waals surface area contributed by atoms with Gasteiger partial charge in [0.25, 0.3) is 0 Å². The minimum atomic E-state index is -0.0904. The van der Waals surface area contributed by atoms with Gasteiger partial charge in [0, 0.05) is 26.2 Å². The molecule has 0 bridgehead atoms. The first kappa shape index (κ1) is 17.8. The fourth-order valence-electron chi connectivity index (χ4n) is 2.41. The molecule has 0 aromatic rings. The van der Waals surface area contributed by atoms with Crippen molar-refractivity contribution in [1.82, 2.24) is 10.2 Å². The number of ether oxygens (including phenoxy) is 2. The van der Waals surface area contributed by atoms with E-state index < -0.39 is 0 Å². The van der Waals surface area contributed by atoms with Crippen LogP contribution in [0.1, 0.15) is 33.6 Å². The Balaban J connectivity index is 2.58. The molecule has 1 unspecified atom stereocenters. The van der Waals surface area contributed by atoms with E-state index in [2.05, 4.69) is 15.2 Å². The molecule has 0 amide bonds. The normalized spacial score (nSPS) is 19.5. The lowest BCUT2D eigenvalue weighted by molar-refractivity contribution is -0.149. The van der Waals surface area contributed by atoms with E-state index in [0.717, 1.165) is 31.9 Å². The average Bonchev–Trinajstić information content (AvgIpc) is 2.51. The molecular weight excluding hydrogens is 270 g/mol. The fourth-order valence-corrected chi connectivity index (χ4v) is 2.41. The number of nitrogens with one attached hydrogen (secondary N) is 1. The molecule has 0 aromatic heterocycles. The summed E-state index contributed by atoms with van der Waals surface area (Å²) in [6, 6.07) is 0. The summed E-state index contributed by atoms with van der Waals surface area (Å²) in [7, 11) is 0. The molecule has 1 aliphatic rings. The number of piperidine rings is 1. The molecule has 1 fully saturated rings. The third kappa shape index (κ3) is 6.33. The Morgan fingerprint density at radius 1 is 1.33 bits per heavy atom. The first-order chi connectivity index (χ1) is 10.2. The van der Waals surface area contributed by atoms with Gasteiger partial charge >= 0.3 is 5.97 Å². The molecule has 1 rings (SSSR count). The van der Waals surface area contributed by atoms with Crippen LogP contribution in [0.5, 0.6) is 0 Å². The maximum absolute atomic E-state index is 11.9. The van der Waals surface area contributed by atoms with Gasteiger partial charge in [0.05, 0.1) is 25.7 Å². The number of rotatable bonds is 7. The molecule has 122 valence electrons. The Morgan fingerprint density at radius 3 is 2.81 bits per heavy atom. The standard InChI is InChI=1S/C15H29N3O3/c1-4-16-15(17-9-11-20-5-2)18-10-7-8-13(12-18)14(19)21-6-3/h13H,4-12H2,1-3H3,(H,16,17). The van der Waals surface area contributed by atoms with Crippen LogP contribution in [-0.4, -0.2) is 62.8 Å². The SMILES string of the molecule is CCNC(=NCCOCC)N1CCCC(C(=O)OCC)C1. The monoisotopic (exact) mass is 299 g/mol. The lowest BCUT2D eigenvalue weighted by Gasteiger charge is -2.34. The summed E-state index contributed by atoms with van der Waals surface area (Å²) in [5.74, 6) is 0.730. The number of carbonyl (C=O) groups is 1. The highest BCUT2D eigenvalue weighted by Crippen LogP contribution is 2.18. The van der Waals surface area contributed by atoms with Gasteiger partial charge in [-0.15, -0.1) is 0 Å². The minimum Gasteiger partial charge on any atom is -0.466 e. The number of guanidine groups is 1. The van der Waals surface area contributed by atoms with Crippen LogP contribution in [-0.2, 0) is 14.3 Å². The van der Waals surface area contributed by atoms with Gasteiger partial charge in [-0.2, -0.15) is 0 Å². The van der Waals surface area contributed by atoms with E-state index in [1.165, 1.54) is 0 Å². The number of likely N-dealkylation sites (tertiary alicyclic amines) is 1. The molecule has 1 saturated heterocycles. The quantitative estimate of drug-likeness (QED) is 0.332. The number of hydrogen-bond acceptors (Lipinski definition) is 4. The van der Waals surface area contributed by atoms with Crippen LogP contribution in [0.4, 0.5) is 0 Å². The summed E-state index contributed by atoms with van der Waals surface area (Å²) in [5, 5.41) is 3.29. The Bertz CT molecular complexity index is 334. The second-order valence-electron chi connectivity index (χ2n) is 4.97. The van der Waals surface area contributed by atoms with Gasteiger partial charge in [0.2, 0.25) is 0 Å². The van der Waals surface area contributed by atoms with E-state index in [9.17, 15) is 4.79 Å². The van der Waals surface area contributed by atoms with Crippen molar-refractivity contribution in [2.24, 2.45) is 10.9 Å². The van der Waals surface area contributed by atoms with Crippen molar-refractivity contribution in [1.29, 1.82) is 0 Å². The van der Waals surface area contributed by atoms with Gasteiger partial charge in [-0.25, -0.2) is 0 Å². The molecule has 0 aliphatic carbocycles. The Hall–Kier alpha value is -1.30. The summed E-state index contributed by atoms with van der Waals surface area (Å²) < 4.78 is 10.4. The van der Waals surface area contributed by atoms with Gasteiger partial charge < -0.3 is 19.7 Å². The van der Waals surface area contributed by atoms with Crippen LogP contribution >= 0.6 is 0 Å². The smallest absolute Gasteiger partial charge is 0.310 e. The van der Waals surface area contributed by atoms with Crippen molar-refractivity contribution in [3.8, 4) is 0 Å². The van der Waals surface area contributed by atoms with Crippen LogP contribution in [0.25, 0.3) is 0 Å². The highest BCUT2D eigenvalue weighted by atomic mass is 16.5. The molecule has 0 saturated carbocycles. The van der Waals surface area contributed by atoms with Crippen molar-refractivity contribution in [3.05, 3.63) is 0 Å². The first-order valence-corrected chi connectivity index (χ1v) is 8.00. The van der Waals surface area contributed by atoms with E-state index in [-0.39, 0.29) is 11.9 Å².